The highest BCUT2D eigenvalue weighted by atomic mass is 35.5. The molecule has 224 valence electrons. The highest BCUT2D eigenvalue weighted by Gasteiger charge is 2.75. The number of benzene rings is 2. The molecular weight excluding hydrogens is 634 g/mol. The van der Waals surface area contributed by atoms with Gasteiger partial charge in [0.15, 0.2) is 0 Å². The number of anilines is 2. The van der Waals surface area contributed by atoms with E-state index in [0.29, 0.717) is 5.69 Å². The number of carbonyl (C=O) groups excluding carboxylic acids is 2. The van der Waals surface area contributed by atoms with Gasteiger partial charge in [0.25, 0.3) is 11.8 Å². The second-order valence-electron chi connectivity index (χ2n) is 11.7. The maximum atomic E-state index is 15.3. The molecule has 0 unspecified atom stereocenters. The van der Waals surface area contributed by atoms with Crippen LogP contribution in [0.15, 0.2) is 30.3 Å². The van der Waals surface area contributed by atoms with E-state index in [2.05, 4.69) is 0 Å². The Morgan fingerprint density at radius 2 is 1.64 bits per heavy atom. The number of carboxylic acids is 1. The first kappa shape index (κ1) is 29.9. The van der Waals surface area contributed by atoms with Crippen molar-refractivity contribution in [1.29, 1.82) is 0 Å². The van der Waals surface area contributed by atoms with Crippen molar-refractivity contribution in [1.82, 2.24) is 4.90 Å². The van der Waals surface area contributed by atoms with Crippen LogP contribution < -0.4 is 9.80 Å². The summed E-state index contributed by atoms with van der Waals surface area (Å²) in [5, 5.41) is 11.5. The van der Waals surface area contributed by atoms with Crippen molar-refractivity contribution in [3.05, 3.63) is 56.0 Å². The summed E-state index contributed by atoms with van der Waals surface area (Å²) in [6, 6.07) is 6.14. The summed E-state index contributed by atoms with van der Waals surface area (Å²) in [6.07, 6.45) is 2.89. The first-order valence-electron chi connectivity index (χ1n) is 13.7. The predicted octanol–water partition coefficient (Wildman–Crippen LogP) is 6.74. The van der Waals surface area contributed by atoms with E-state index in [0.717, 1.165) is 25.7 Å². The lowest BCUT2D eigenvalue weighted by Gasteiger charge is -2.36. The summed E-state index contributed by atoms with van der Waals surface area (Å²) in [5.74, 6) is -9.26. The van der Waals surface area contributed by atoms with Gasteiger partial charge < -0.3 is 14.9 Å². The summed E-state index contributed by atoms with van der Waals surface area (Å²) in [6.45, 7) is -0.670. The summed E-state index contributed by atoms with van der Waals surface area (Å²) in [7, 11) is 1.41. The normalized spacial score (nSPS) is 28.5. The molecule has 1 saturated carbocycles. The summed E-state index contributed by atoms with van der Waals surface area (Å²) in [4.78, 5) is 46.0. The SMILES string of the molecule is CN1C(=O)[C@]2(c3cc(Cl)cc(Cl)c31)[C@@H](C(=O)O)[C@@H](C(=O)N(CC1CCCC1)c1cc(Cl)cc(Cl)c1)[C@H]1CC(F)(F)CN12. The van der Waals surface area contributed by atoms with E-state index in [1.54, 1.807) is 12.1 Å². The Bertz CT molecular complexity index is 1480. The van der Waals surface area contributed by atoms with E-state index in [-0.39, 0.29) is 43.8 Å². The molecular formula is C29H27Cl4F2N3O4. The van der Waals surface area contributed by atoms with Crippen LogP contribution in [0.25, 0.3) is 0 Å². The van der Waals surface area contributed by atoms with Gasteiger partial charge in [-0.3, -0.25) is 19.3 Å². The standard InChI is InChI=1S/C29H27Cl4F2N3O4/c1-36-24-19(9-17(32)10-20(24)33)29(27(36)42)23(26(40)41)22(21-11-28(34,35)13-38(21)29)25(39)37(12-14-4-2-3-5-14)18-7-15(30)6-16(31)8-18/h6-10,14,21-23H,2-5,11-13H2,1H3,(H,40,41)/t21-,22+,23-,29+/m1/s1. The molecule has 4 atom stereocenters. The molecule has 0 radical (unpaired) electrons. The molecule has 6 rings (SSSR count). The number of hydrogen-bond donors (Lipinski definition) is 1. The minimum Gasteiger partial charge on any atom is -0.481 e. The lowest BCUT2D eigenvalue weighted by molar-refractivity contribution is -0.154. The lowest BCUT2D eigenvalue weighted by atomic mass is 9.73. The van der Waals surface area contributed by atoms with Gasteiger partial charge in [0.05, 0.1) is 23.2 Å². The topological polar surface area (TPSA) is 81.2 Å². The van der Waals surface area contributed by atoms with Crippen molar-refractivity contribution in [3.63, 3.8) is 0 Å². The number of nitrogens with zero attached hydrogens (tertiary/aromatic N) is 3. The summed E-state index contributed by atoms with van der Waals surface area (Å²) in [5.41, 5.74) is -1.50. The third-order valence-electron chi connectivity index (χ3n) is 9.28. The van der Waals surface area contributed by atoms with Gasteiger partial charge in [0.1, 0.15) is 11.5 Å². The van der Waals surface area contributed by atoms with Crippen LogP contribution in [0.2, 0.25) is 20.1 Å². The van der Waals surface area contributed by atoms with Gasteiger partial charge in [0, 0.05) is 52.4 Å². The first-order valence-corrected chi connectivity index (χ1v) is 15.2. The number of rotatable bonds is 5. The molecule has 0 bridgehead atoms. The largest absolute Gasteiger partial charge is 0.481 e. The zero-order chi connectivity index (χ0) is 30.3. The minimum atomic E-state index is -3.28. The molecule has 1 N–H and O–H groups in total. The molecule has 1 aliphatic carbocycles. The fourth-order valence-corrected chi connectivity index (χ4v) is 8.89. The Kier molecular flexibility index (Phi) is 7.45. The third kappa shape index (κ3) is 4.50. The van der Waals surface area contributed by atoms with Crippen LogP contribution in [0.3, 0.4) is 0 Å². The number of likely N-dealkylation sites (N-methyl/N-ethyl adjacent to an activating group) is 1. The molecule has 2 aromatic carbocycles. The van der Waals surface area contributed by atoms with Gasteiger partial charge in [-0.25, -0.2) is 8.78 Å². The molecule has 4 aliphatic rings. The van der Waals surface area contributed by atoms with Crippen LogP contribution in [0.1, 0.15) is 37.7 Å². The number of amides is 2. The van der Waals surface area contributed by atoms with Crippen LogP contribution in [-0.4, -0.2) is 59.9 Å². The zero-order valence-electron chi connectivity index (χ0n) is 22.4. The molecule has 3 heterocycles. The average Bonchev–Trinajstić information content (AvgIpc) is 3.61. The van der Waals surface area contributed by atoms with Gasteiger partial charge in [-0.1, -0.05) is 59.2 Å². The van der Waals surface area contributed by atoms with Crippen molar-refractivity contribution in [2.24, 2.45) is 17.8 Å². The Morgan fingerprint density at radius 1 is 1.02 bits per heavy atom. The Labute approximate surface area is 261 Å². The molecule has 2 amide bonds. The number of aliphatic carboxylic acids is 1. The van der Waals surface area contributed by atoms with Crippen LogP contribution in [0.4, 0.5) is 20.2 Å². The van der Waals surface area contributed by atoms with E-state index < -0.39 is 60.1 Å². The second-order valence-corrected chi connectivity index (χ2v) is 13.5. The third-order valence-corrected chi connectivity index (χ3v) is 10.2. The predicted molar refractivity (Wildman–Crippen MR) is 157 cm³/mol. The fraction of sp³-hybridized carbons (Fsp3) is 0.483. The van der Waals surface area contributed by atoms with Crippen LogP contribution >= 0.6 is 46.4 Å². The van der Waals surface area contributed by atoms with E-state index >= 15 is 8.78 Å². The van der Waals surface area contributed by atoms with Crippen molar-refractivity contribution in [2.45, 2.75) is 49.6 Å². The lowest BCUT2D eigenvalue weighted by Crippen LogP contribution is -2.56. The molecule has 3 fully saturated rings. The summed E-state index contributed by atoms with van der Waals surface area (Å²) < 4.78 is 30.5. The smallest absolute Gasteiger partial charge is 0.310 e. The molecule has 42 heavy (non-hydrogen) atoms. The second kappa shape index (κ2) is 10.5. The number of alkyl halides is 2. The maximum Gasteiger partial charge on any atom is 0.310 e. The van der Waals surface area contributed by atoms with Gasteiger partial charge in [-0.2, -0.15) is 0 Å². The minimum absolute atomic E-state index is 0.0723. The van der Waals surface area contributed by atoms with E-state index in [1.807, 2.05) is 0 Å². The van der Waals surface area contributed by atoms with Crippen molar-refractivity contribution in [3.8, 4) is 0 Å². The van der Waals surface area contributed by atoms with E-state index in [1.165, 1.54) is 39.9 Å². The Balaban J connectivity index is 1.55. The molecule has 2 saturated heterocycles. The van der Waals surface area contributed by atoms with Gasteiger partial charge >= 0.3 is 5.97 Å². The average molecular weight is 661 g/mol. The zero-order valence-corrected chi connectivity index (χ0v) is 25.5. The fourth-order valence-electron chi connectivity index (χ4n) is 7.75. The molecule has 2 aromatic rings. The number of halogens is 6. The highest BCUT2D eigenvalue weighted by molar-refractivity contribution is 6.38. The summed E-state index contributed by atoms with van der Waals surface area (Å²) >= 11 is 25.4. The molecule has 7 nitrogen and oxygen atoms in total. The quantitative estimate of drug-likeness (QED) is 0.385. The van der Waals surface area contributed by atoms with Gasteiger partial charge in [0.2, 0.25) is 5.91 Å². The first-order chi connectivity index (χ1) is 19.8. The molecule has 0 aromatic heterocycles. The van der Waals surface area contributed by atoms with E-state index in [9.17, 15) is 19.5 Å². The van der Waals surface area contributed by atoms with Gasteiger partial charge in [-0.15, -0.1) is 0 Å². The number of carboxylic acid groups (broad SMARTS) is 1. The molecule has 13 heteroatoms. The van der Waals surface area contributed by atoms with Crippen molar-refractivity contribution in [2.75, 3.05) is 29.9 Å². The van der Waals surface area contributed by atoms with Crippen molar-refractivity contribution >= 4 is 75.6 Å². The Hall–Kier alpha value is -2.17. The molecule has 3 aliphatic heterocycles. The number of hydrogen-bond acceptors (Lipinski definition) is 4. The molecule has 1 spiro atoms. The van der Waals surface area contributed by atoms with Crippen molar-refractivity contribution < 1.29 is 28.3 Å². The van der Waals surface area contributed by atoms with Gasteiger partial charge in [-0.05, 0) is 49.1 Å². The monoisotopic (exact) mass is 659 g/mol. The van der Waals surface area contributed by atoms with Crippen LogP contribution in [-0.2, 0) is 19.9 Å². The Morgan fingerprint density at radius 3 is 2.26 bits per heavy atom. The number of fused-ring (bicyclic) bond motifs is 4. The number of carbonyl (C=O) groups is 3. The maximum absolute atomic E-state index is 15.3. The van der Waals surface area contributed by atoms with E-state index in [4.69, 9.17) is 46.4 Å². The van der Waals surface area contributed by atoms with Crippen LogP contribution in [0.5, 0.6) is 0 Å². The van der Waals surface area contributed by atoms with Crippen LogP contribution in [0, 0.1) is 17.8 Å². The highest BCUT2D eigenvalue weighted by Crippen LogP contribution is 2.62.